The monoisotopic (exact) mass is 195 g/mol. The maximum atomic E-state index is 3.92. The second-order valence-corrected chi connectivity index (χ2v) is 1.91. The minimum Gasteiger partial charge on any atom is -0.391 e. The second-order valence-electron chi connectivity index (χ2n) is 1.91. The minimum absolute atomic E-state index is 0. The van der Waals surface area contributed by atoms with Crippen molar-refractivity contribution in [1.82, 2.24) is 4.98 Å². The molecule has 0 saturated heterocycles. The smallest absolute Gasteiger partial charge is 0 e. The van der Waals surface area contributed by atoms with Gasteiger partial charge in [0.05, 0.1) is 0 Å². The Morgan fingerprint density at radius 2 is 2.11 bits per heavy atom. The Hall–Kier alpha value is 0.254. The Bertz CT molecular complexity index is 169. The Morgan fingerprint density at radius 3 is 2.44 bits per heavy atom. The van der Waals surface area contributed by atoms with Crippen LogP contribution in [-0.4, -0.2) is 4.98 Å². The van der Waals surface area contributed by atoms with Gasteiger partial charge in [0, 0.05) is 32.7 Å². The fourth-order valence-corrected chi connectivity index (χ4v) is 0.639. The van der Waals surface area contributed by atoms with Crippen LogP contribution in [0.15, 0.2) is 12.1 Å². The molecule has 9 heavy (non-hydrogen) atoms. The molecule has 0 fully saturated rings. The Balaban J connectivity index is 0.000000640. The molecule has 45 valence electrons. The molecule has 1 nitrogen and oxygen atoms in total. The van der Waals surface area contributed by atoms with Crippen molar-refractivity contribution in [2.75, 3.05) is 0 Å². The van der Waals surface area contributed by atoms with Gasteiger partial charge in [-0.15, -0.1) is 6.07 Å². The quantitative estimate of drug-likeness (QED) is 0.571. The summed E-state index contributed by atoms with van der Waals surface area (Å²) in [6, 6.07) is 3.89. The van der Waals surface area contributed by atoms with Crippen LogP contribution in [0.1, 0.15) is 11.3 Å². The summed E-state index contributed by atoms with van der Waals surface area (Å²) in [6.07, 6.45) is 2.78. The van der Waals surface area contributed by atoms with E-state index in [9.17, 15) is 0 Å². The van der Waals surface area contributed by atoms with Gasteiger partial charge in [-0.1, -0.05) is 25.7 Å². The SMILES string of the molecule is Cc1c[c-]nc(C)c1.[Y]. The van der Waals surface area contributed by atoms with Gasteiger partial charge in [0.25, 0.3) is 0 Å². The summed E-state index contributed by atoms with van der Waals surface area (Å²) in [5.41, 5.74) is 2.25. The molecule has 0 aliphatic rings. The third-order valence-corrected chi connectivity index (χ3v) is 0.970. The molecule has 1 radical (unpaired) electrons. The molecule has 0 amide bonds. The Morgan fingerprint density at radius 1 is 1.44 bits per heavy atom. The van der Waals surface area contributed by atoms with E-state index in [-0.39, 0.29) is 32.7 Å². The number of rotatable bonds is 0. The van der Waals surface area contributed by atoms with E-state index >= 15 is 0 Å². The molecule has 0 atom stereocenters. The summed E-state index contributed by atoms with van der Waals surface area (Å²) in [6.45, 7) is 3.99. The normalized spacial score (nSPS) is 8.22. The Labute approximate surface area is 80.8 Å². The van der Waals surface area contributed by atoms with Crippen molar-refractivity contribution < 1.29 is 32.7 Å². The van der Waals surface area contributed by atoms with Gasteiger partial charge in [0.15, 0.2) is 0 Å². The van der Waals surface area contributed by atoms with Gasteiger partial charge in [0.1, 0.15) is 0 Å². The topological polar surface area (TPSA) is 12.9 Å². The van der Waals surface area contributed by atoms with Crippen LogP contribution >= 0.6 is 0 Å². The van der Waals surface area contributed by atoms with Crippen LogP contribution in [0.2, 0.25) is 0 Å². The van der Waals surface area contributed by atoms with Crippen molar-refractivity contribution in [3.05, 3.63) is 29.6 Å². The molecular formula is C7H8NY-. The first-order valence-electron chi connectivity index (χ1n) is 2.60. The van der Waals surface area contributed by atoms with Crippen LogP contribution in [0.4, 0.5) is 0 Å². The number of pyridine rings is 1. The predicted molar refractivity (Wildman–Crippen MR) is 32.5 cm³/mol. The Kier molecular flexibility index (Phi) is 4.25. The summed E-state index contributed by atoms with van der Waals surface area (Å²) >= 11 is 0. The first-order valence-corrected chi connectivity index (χ1v) is 2.60. The summed E-state index contributed by atoms with van der Waals surface area (Å²) in [5.74, 6) is 0. The van der Waals surface area contributed by atoms with Crippen LogP contribution in [0.25, 0.3) is 0 Å². The molecule has 0 saturated carbocycles. The zero-order valence-electron chi connectivity index (χ0n) is 5.68. The van der Waals surface area contributed by atoms with E-state index in [1.807, 2.05) is 26.0 Å². The molecule has 0 spiro atoms. The van der Waals surface area contributed by atoms with Crippen molar-refractivity contribution in [3.63, 3.8) is 0 Å². The van der Waals surface area contributed by atoms with Gasteiger partial charge in [-0.25, -0.2) is 0 Å². The van der Waals surface area contributed by atoms with Gasteiger partial charge in [-0.3, -0.25) is 0 Å². The fraction of sp³-hybridized carbons (Fsp3) is 0.286. The van der Waals surface area contributed by atoms with Crippen LogP contribution in [-0.2, 0) is 32.7 Å². The van der Waals surface area contributed by atoms with Crippen LogP contribution in [0, 0.1) is 20.0 Å². The molecule has 1 aromatic rings. The summed E-state index contributed by atoms with van der Waals surface area (Å²) in [7, 11) is 0. The summed E-state index contributed by atoms with van der Waals surface area (Å²) < 4.78 is 0. The summed E-state index contributed by atoms with van der Waals surface area (Å²) in [4.78, 5) is 3.92. The van der Waals surface area contributed by atoms with Crippen LogP contribution in [0.3, 0.4) is 0 Å². The third kappa shape index (κ3) is 3.07. The largest absolute Gasteiger partial charge is 0.391 e. The molecule has 0 unspecified atom stereocenters. The predicted octanol–water partition coefficient (Wildman–Crippen LogP) is 1.50. The van der Waals surface area contributed by atoms with Crippen molar-refractivity contribution in [3.8, 4) is 0 Å². The van der Waals surface area contributed by atoms with Crippen molar-refractivity contribution in [1.29, 1.82) is 0 Å². The number of hydrogen-bond acceptors (Lipinski definition) is 1. The maximum Gasteiger partial charge on any atom is 0 e. The molecule has 0 N–H and O–H groups in total. The number of hydrogen-bond donors (Lipinski definition) is 0. The zero-order chi connectivity index (χ0) is 5.98. The molecule has 0 aromatic carbocycles. The van der Waals surface area contributed by atoms with Gasteiger partial charge < -0.3 is 4.98 Å². The molecule has 2 heteroatoms. The first-order chi connectivity index (χ1) is 3.79. The molecular weight excluding hydrogens is 187 g/mol. The van der Waals surface area contributed by atoms with E-state index in [4.69, 9.17) is 0 Å². The van der Waals surface area contributed by atoms with E-state index in [1.165, 1.54) is 5.56 Å². The van der Waals surface area contributed by atoms with Crippen LogP contribution in [0.5, 0.6) is 0 Å². The molecule has 1 heterocycles. The van der Waals surface area contributed by atoms with Crippen molar-refractivity contribution >= 4 is 0 Å². The molecule has 0 bridgehead atoms. The average Bonchev–Trinajstić information content (AvgIpc) is 1.64. The standard InChI is InChI=1S/C7H8N.Y/c1-6-3-4-8-7(2)5-6;/h3,5H,1-2H3;/q-1;. The first kappa shape index (κ1) is 9.25. The molecule has 1 rings (SSSR count). The second kappa shape index (κ2) is 4.13. The van der Waals surface area contributed by atoms with Crippen LogP contribution < -0.4 is 0 Å². The molecule has 0 aliphatic carbocycles. The number of aromatic nitrogens is 1. The van der Waals surface area contributed by atoms with E-state index in [0.717, 1.165) is 5.69 Å². The number of nitrogens with zero attached hydrogens (tertiary/aromatic N) is 1. The van der Waals surface area contributed by atoms with Gasteiger partial charge >= 0.3 is 0 Å². The minimum atomic E-state index is 0. The van der Waals surface area contributed by atoms with Gasteiger partial charge in [-0.05, 0) is 0 Å². The van der Waals surface area contributed by atoms with E-state index < -0.39 is 0 Å². The zero-order valence-corrected chi connectivity index (χ0v) is 8.52. The molecule has 0 aliphatic heterocycles. The van der Waals surface area contributed by atoms with Crippen molar-refractivity contribution in [2.45, 2.75) is 13.8 Å². The average molecular weight is 195 g/mol. The van der Waals surface area contributed by atoms with Gasteiger partial charge in [-0.2, -0.15) is 11.6 Å². The van der Waals surface area contributed by atoms with Crippen molar-refractivity contribution in [2.24, 2.45) is 0 Å². The third-order valence-electron chi connectivity index (χ3n) is 0.970. The number of aryl methyl sites for hydroxylation is 2. The van der Waals surface area contributed by atoms with E-state index in [0.29, 0.717) is 0 Å². The van der Waals surface area contributed by atoms with E-state index in [1.54, 1.807) is 0 Å². The molecule has 1 aromatic heterocycles. The maximum absolute atomic E-state index is 3.92. The fourth-order valence-electron chi connectivity index (χ4n) is 0.639. The van der Waals surface area contributed by atoms with Gasteiger partial charge in [0.2, 0.25) is 0 Å². The summed E-state index contributed by atoms with van der Waals surface area (Å²) in [5, 5.41) is 0. The van der Waals surface area contributed by atoms with E-state index in [2.05, 4.69) is 11.2 Å².